The number of rotatable bonds is 4. The van der Waals surface area contributed by atoms with Gasteiger partial charge in [0.1, 0.15) is 5.82 Å². The second kappa shape index (κ2) is 8.71. The number of nitrogens with one attached hydrogen (secondary N) is 2. The van der Waals surface area contributed by atoms with E-state index in [9.17, 15) is 13.2 Å². The monoisotopic (exact) mass is 459 g/mol. The van der Waals surface area contributed by atoms with Gasteiger partial charge in [0.2, 0.25) is 10.0 Å². The summed E-state index contributed by atoms with van der Waals surface area (Å²) in [5, 5.41) is 3.60. The van der Waals surface area contributed by atoms with Crippen LogP contribution in [0.1, 0.15) is 5.82 Å². The first-order chi connectivity index (χ1) is 14.9. The van der Waals surface area contributed by atoms with Crippen molar-refractivity contribution < 1.29 is 13.2 Å². The molecule has 1 aromatic heterocycles. The van der Waals surface area contributed by atoms with Gasteiger partial charge in [-0.3, -0.25) is 10.2 Å². The fourth-order valence-corrected chi connectivity index (χ4v) is 4.90. The summed E-state index contributed by atoms with van der Waals surface area (Å²) in [6.07, 6.45) is 0. The molecule has 162 valence electrons. The van der Waals surface area contributed by atoms with Gasteiger partial charge >= 0.3 is 0 Å². The summed E-state index contributed by atoms with van der Waals surface area (Å²) in [7, 11) is -3.56. The minimum atomic E-state index is -3.56. The van der Waals surface area contributed by atoms with Crippen molar-refractivity contribution >= 4 is 43.9 Å². The lowest BCUT2D eigenvalue weighted by Gasteiger charge is -2.26. The maximum atomic E-state index is 12.7. The van der Waals surface area contributed by atoms with Gasteiger partial charge < -0.3 is 10.1 Å². The Balaban J connectivity index is 1.48. The van der Waals surface area contributed by atoms with Gasteiger partial charge in [-0.15, -0.1) is 0 Å². The van der Waals surface area contributed by atoms with Crippen LogP contribution in [0.2, 0.25) is 0 Å². The van der Waals surface area contributed by atoms with Crippen LogP contribution in [0.5, 0.6) is 0 Å². The Kier molecular flexibility index (Phi) is 6.01. The highest BCUT2D eigenvalue weighted by Gasteiger charge is 2.26. The number of benzene rings is 2. The highest BCUT2D eigenvalue weighted by Crippen LogP contribution is 2.19. The van der Waals surface area contributed by atoms with Crippen molar-refractivity contribution in [1.29, 1.82) is 0 Å². The first-order valence-corrected chi connectivity index (χ1v) is 11.5. The van der Waals surface area contributed by atoms with Crippen LogP contribution in [0, 0.1) is 6.92 Å². The number of thiocarbonyl (C=S) groups is 1. The zero-order chi connectivity index (χ0) is 22.0. The third-order valence-corrected chi connectivity index (χ3v) is 6.98. The molecule has 1 saturated heterocycles. The molecule has 2 aromatic carbocycles. The molecule has 4 rings (SSSR count). The predicted molar refractivity (Wildman–Crippen MR) is 122 cm³/mol. The molecule has 0 radical (unpaired) electrons. The lowest BCUT2D eigenvalue weighted by Crippen LogP contribution is -2.40. The van der Waals surface area contributed by atoms with Crippen molar-refractivity contribution in [2.24, 2.45) is 0 Å². The van der Waals surface area contributed by atoms with E-state index >= 15 is 0 Å². The number of ether oxygens (including phenoxy) is 1. The molecule has 0 saturated carbocycles. The molecular formula is C20H21N5O4S2. The Morgan fingerprint density at radius 1 is 1.10 bits per heavy atom. The van der Waals surface area contributed by atoms with Crippen molar-refractivity contribution in [3.63, 3.8) is 0 Å². The number of anilines is 1. The van der Waals surface area contributed by atoms with E-state index in [0.717, 1.165) is 0 Å². The smallest absolute Gasteiger partial charge is 0.280 e. The molecule has 1 aliphatic rings. The van der Waals surface area contributed by atoms with Crippen LogP contribution >= 0.6 is 12.2 Å². The van der Waals surface area contributed by atoms with Crippen molar-refractivity contribution in [2.45, 2.75) is 11.8 Å². The van der Waals surface area contributed by atoms with Crippen molar-refractivity contribution in [3.8, 4) is 0 Å². The molecule has 0 atom stereocenters. The number of aromatic nitrogens is 2. The molecule has 0 unspecified atom stereocenters. The standard InChI is InChI=1S/C20H21N5O4S2/c1-14-21-18-5-3-2-4-17(18)19(26)25(14)23-20(30)22-15-6-8-16(9-7-15)31(27,28)24-10-12-29-13-11-24/h2-9H,10-13H2,1H3,(H2,22,23,30). The lowest BCUT2D eigenvalue weighted by molar-refractivity contribution is 0.0730. The van der Waals surface area contributed by atoms with Crippen LogP contribution in [0.15, 0.2) is 58.2 Å². The average molecular weight is 460 g/mol. The summed E-state index contributed by atoms with van der Waals surface area (Å²) in [6.45, 7) is 3.16. The molecule has 31 heavy (non-hydrogen) atoms. The number of aryl methyl sites for hydroxylation is 1. The van der Waals surface area contributed by atoms with Gasteiger partial charge in [0, 0.05) is 18.8 Å². The lowest BCUT2D eigenvalue weighted by atomic mass is 10.2. The second-order valence-electron chi connectivity index (χ2n) is 6.92. The highest BCUT2D eigenvalue weighted by molar-refractivity contribution is 7.89. The Morgan fingerprint density at radius 3 is 2.48 bits per heavy atom. The SMILES string of the molecule is Cc1nc2ccccc2c(=O)n1NC(=S)Nc1ccc(S(=O)(=O)N2CCOCC2)cc1. The number of hydrogen-bond donors (Lipinski definition) is 2. The molecule has 0 aliphatic carbocycles. The molecule has 0 spiro atoms. The summed E-state index contributed by atoms with van der Waals surface area (Å²) < 4.78 is 33.3. The van der Waals surface area contributed by atoms with Crippen LogP contribution in [0.25, 0.3) is 10.9 Å². The van der Waals surface area contributed by atoms with Gasteiger partial charge in [-0.1, -0.05) is 12.1 Å². The minimum absolute atomic E-state index is 0.172. The van der Waals surface area contributed by atoms with Crippen molar-refractivity contribution in [2.75, 3.05) is 37.0 Å². The third kappa shape index (κ3) is 4.44. The van der Waals surface area contributed by atoms with Crippen molar-refractivity contribution in [1.82, 2.24) is 14.0 Å². The van der Waals surface area contributed by atoms with E-state index in [-0.39, 0.29) is 15.6 Å². The van der Waals surface area contributed by atoms with Crippen LogP contribution in [-0.2, 0) is 14.8 Å². The first-order valence-electron chi connectivity index (χ1n) is 9.60. The van der Waals surface area contributed by atoms with E-state index in [0.29, 0.717) is 48.7 Å². The van der Waals surface area contributed by atoms with Gasteiger partial charge in [0.25, 0.3) is 5.56 Å². The molecule has 2 N–H and O–H groups in total. The van der Waals surface area contributed by atoms with Crippen LogP contribution in [-0.4, -0.2) is 53.8 Å². The zero-order valence-corrected chi connectivity index (χ0v) is 18.4. The maximum Gasteiger partial charge on any atom is 0.280 e. The second-order valence-corrected chi connectivity index (χ2v) is 9.27. The largest absolute Gasteiger partial charge is 0.379 e. The summed E-state index contributed by atoms with van der Waals surface area (Å²) in [6, 6.07) is 13.3. The molecule has 1 fully saturated rings. The molecule has 0 bridgehead atoms. The maximum absolute atomic E-state index is 12.7. The van der Waals surface area contributed by atoms with Gasteiger partial charge in [-0.2, -0.15) is 4.31 Å². The zero-order valence-electron chi connectivity index (χ0n) is 16.7. The summed E-state index contributed by atoms with van der Waals surface area (Å²) in [5.41, 5.74) is 3.76. The average Bonchev–Trinajstić information content (AvgIpc) is 2.77. The van der Waals surface area contributed by atoms with Crippen LogP contribution in [0.3, 0.4) is 0 Å². The minimum Gasteiger partial charge on any atom is -0.379 e. The van der Waals surface area contributed by atoms with E-state index < -0.39 is 10.0 Å². The highest BCUT2D eigenvalue weighted by atomic mass is 32.2. The third-order valence-electron chi connectivity index (χ3n) is 4.88. The Morgan fingerprint density at radius 2 is 1.77 bits per heavy atom. The predicted octanol–water partition coefficient (Wildman–Crippen LogP) is 1.67. The summed E-state index contributed by atoms with van der Waals surface area (Å²) in [4.78, 5) is 17.3. The number of hydrogen-bond acceptors (Lipinski definition) is 6. The molecular weight excluding hydrogens is 438 g/mol. The van der Waals surface area contributed by atoms with E-state index in [4.69, 9.17) is 17.0 Å². The quantitative estimate of drug-likeness (QED) is 0.568. The van der Waals surface area contributed by atoms with E-state index in [1.54, 1.807) is 37.3 Å². The first kappa shape index (κ1) is 21.4. The Hall–Kier alpha value is -2.86. The fourth-order valence-electron chi connectivity index (χ4n) is 3.28. The van der Waals surface area contributed by atoms with Gasteiger partial charge in [-0.25, -0.2) is 18.1 Å². The van der Waals surface area contributed by atoms with E-state index in [1.165, 1.54) is 21.1 Å². The number of nitrogens with zero attached hydrogens (tertiary/aromatic N) is 3. The van der Waals surface area contributed by atoms with Crippen molar-refractivity contribution in [3.05, 3.63) is 64.7 Å². The van der Waals surface area contributed by atoms with Crippen LogP contribution < -0.4 is 16.3 Å². The molecule has 0 amide bonds. The number of fused-ring (bicyclic) bond motifs is 1. The molecule has 11 heteroatoms. The number of morpholine rings is 1. The van der Waals surface area contributed by atoms with Gasteiger partial charge in [0.15, 0.2) is 5.11 Å². The van der Waals surface area contributed by atoms with E-state index in [1.807, 2.05) is 6.07 Å². The van der Waals surface area contributed by atoms with E-state index in [2.05, 4.69) is 15.7 Å². The summed E-state index contributed by atoms with van der Waals surface area (Å²) >= 11 is 5.32. The fraction of sp³-hybridized carbons (Fsp3) is 0.250. The number of para-hydroxylation sites is 1. The molecule has 3 aromatic rings. The van der Waals surface area contributed by atoms with Gasteiger partial charge in [0.05, 0.1) is 29.0 Å². The topological polar surface area (TPSA) is 106 Å². The number of sulfonamides is 1. The molecule has 2 heterocycles. The normalized spacial score (nSPS) is 15.0. The molecule has 9 nitrogen and oxygen atoms in total. The van der Waals surface area contributed by atoms with Crippen LogP contribution in [0.4, 0.5) is 5.69 Å². The Bertz CT molecular complexity index is 1280. The summed E-state index contributed by atoms with van der Waals surface area (Å²) in [5.74, 6) is 0.458. The van der Waals surface area contributed by atoms with Gasteiger partial charge in [-0.05, 0) is 55.5 Å². The Labute approximate surface area is 184 Å². The molecule has 1 aliphatic heterocycles.